The minimum absolute atomic E-state index is 0.0626. The molecular formula is C19H21ClFN3O4. The van der Waals surface area contributed by atoms with Gasteiger partial charge >= 0.3 is 0 Å². The smallest absolute Gasteiger partial charge is 0.266 e. The molecule has 0 N–H and O–H groups in total. The van der Waals surface area contributed by atoms with Gasteiger partial charge in [-0.1, -0.05) is 16.8 Å². The Morgan fingerprint density at radius 2 is 2.18 bits per heavy atom. The van der Waals surface area contributed by atoms with E-state index < -0.39 is 5.67 Å². The van der Waals surface area contributed by atoms with Crippen LogP contribution in [0.1, 0.15) is 47.3 Å². The van der Waals surface area contributed by atoms with Crippen molar-refractivity contribution in [1.82, 2.24) is 15.0 Å². The van der Waals surface area contributed by atoms with Gasteiger partial charge in [0.1, 0.15) is 5.75 Å². The maximum absolute atomic E-state index is 15.5. The molecule has 1 atom stereocenters. The Labute approximate surface area is 166 Å². The molecule has 150 valence electrons. The molecule has 0 saturated carbocycles. The minimum Gasteiger partial charge on any atom is -0.496 e. The lowest BCUT2D eigenvalue weighted by Gasteiger charge is -2.20. The van der Waals surface area contributed by atoms with Gasteiger partial charge < -0.3 is 18.9 Å². The fourth-order valence-electron chi connectivity index (χ4n) is 3.67. The Kier molecular flexibility index (Phi) is 5.25. The van der Waals surface area contributed by atoms with E-state index in [1.165, 1.54) is 12.0 Å². The summed E-state index contributed by atoms with van der Waals surface area (Å²) in [5.41, 5.74) is -1.52. The second kappa shape index (κ2) is 7.67. The van der Waals surface area contributed by atoms with E-state index in [-0.39, 0.29) is 37.2 Å². The number of carbonyl (C=O) groups is 1. The molecule has 1 amide bonds. The molecule has 2 aliphatic heterocycles. The lowest BCUT2D eigenvalue weighted by Crippen LogP contribution is -2.32. The highest BCUT2D eigenvalue weighted by Crippen LogP contribution is 2.37. The first-order valence-corrected chi connectivity index (χ1v) is 9.61. The Morgan fingerprint density at radius 1 is 1.39 bits per heavy atom. The van der Waals surface area contributed by atoms with Gasteiger partial charge in [0.15, 0.2) is 5.82 Å². The van der Waals surface area contributed by atoms with Gasteiger partial charge in [0.25, 0.3) is 11.8 Å². The fraction of sp³-hybridized carbons (Fsp3) is 0.526. The van der Waals surface area contributed by atoms with Crippen LogP contribution in [0.25, 0.3) is 0 Å². The van der Waals surface area contributed by atoms with E-state index in [1.54, 1.807) is 18.2 Å². The second-order valence-corrected chi connectivity index (χ2v) is 7.57. The number of carbonyl (C=O) groups excluding carboxylic acids is 1. The maximum Gasteiger partial charge on any atom is 0.266 e. The van der Waals surface area contributed by atoms with Gasteiger partial charge in [-0.2, -0.15) is 4.98 Å². The highest BCUT2D eigenvalue weighted by Gasteiger charge is 2.47. The number of nitrogens with zero attached hydrogens (tertiary/aromatic N) is 3. The van der Waals surface area contributed by atoms with Crippen molar-refractivity contribution in [2.75, 3.05) is 33.4 Å². The third-order valence-electron chi connectivity index (χ3n) is 5.31. The van der Waals surface area contributed by atoms with Crippen LogP contribution in [0.3, 0.4) is 0 Å². The number of likely N-dealkylation sites (tertiary alicyclic amines) is 1. The Balaban J connectivity index is 1.50. The lowest BCUT2D eigenvalue weighted by atomic mass is 9.99. The largest absolute Gasteiger partial charge is 0.496 e. The summed E-state index contributed by atoms with van der Waals surface area (Å²) in [6, 6.07) is 4.75. The van der Waals surface area contributed by atoms with Crippen LogP contribution in [0, 0.1) is 0 Å². The number of methoxy groups -OCH3 is 1. The van der Waals surface area contributed by atoms with Gasteiger partial charge in [-0.05, 0) is 31.0 Å². The predicted molar refractivity (Wildman–Crippen MR) is 98.4 cm³/mol. The molecule has 3 heterocycles. The molecule has 1 aromatic carbocycles. The molecule has 28 heavy (non-hydrogen) atoms. The number of aromatic nitrogens is 2. The van der Waals surface area contributed by atoms with E-state index in [2.05, 4.69) is 10.1 Å². The first-order valence-electron chi connectivity index (χ1n) is 9.24. The summed E-state index contributed by atoms with van der Waals surface area (Å²) in [5, 5.41) is 4.43. The van der Waals surface area contributed by atoms with Gasteiger partial charge in [-0.25, -0.2) is 4.39 Å². The fourth-order valence-corrected chi connectivity index (χ4v) is 3.83. The van der Waals surface area contributed by atoms with Gasteiger partial charge in [-0.3, -0.25) is 4.79 Å². The van der Waals surface area contributed by atoms with E-state index in [0.29, 0.717) is 35.4 Å². The van der Waals surface area contributed by atoms with Gasteiger partial charge in [0, 0.05) is 37.1 Å². The van der Waals surface area contributed by atoms with E-state index in [0.717, 1.165) is 12.8 Å². The Hall–Kier alpha value is -2.19. The molecule has 7 nitrogen and oxygen atoms in total. The highest BCUT2D eigenvalue weighted by molar-refractivity contribution is 6.30. The van der Waals surface area contributed by atoms with Crippen LogP contribution in [-0.4, -0.2) is 54.4 Å². The van der Waals surface area contributed by atoms with E-state index >= 15 is 4.39 Å². The van der Waals surface area contributed by atoms with Crippen molar-refractivity contribution in [3.05, 3.63) is 40.5 Å². The second-order valence-electron chi connectivity index (χ2n) is 7.13. The van der Waals surface area contributed by atoms with Crippen molar-refractivity contribution in [3.8, 4) is 5.75 Å². The average Bonchev–Trinajstić information content (AvgIpc) is 3.36. The summed E-state index contributed by atoms with van der Waals surface area (Å²) < 4.78 is 31.3. The van der Waals surface area contributed by atoms with Crippen molar-refractivity contribution in [3.63, 3.8) is 0 Å². The van der Waals surface area contributed by atoms with Crippen molar-refractivity contribution < 1.29 is 23.2 Å². The van der Waals surface area contributed by atoms with Crippen LogP contribution in [0.5, 0.6) is 5.75 Å². The number of hydrogen-bond donors (Lipinski definition) is 0. The third-order valence-corrected chi connectivity index (χ3v) is 5.55. The Morgan fingerprint density at radius 3 is 2.93 bits per heavy atom. The van der Waals surface area contributed by atoms with Crippen LogP contribution in [0.15, 0.2) is 22.7 Å². The van der Waals surface area contributed by atoms with Crippen LogP contribution in [0.2, 0.25) is 5.02 Å². The van der Waals surface area contributed by atoms with Crippen LogP contribution in [0.4, 0.5) is 4.39 Å². The molecule has 0 bridgehead atoms. The predicted octanol–water partition coefficient (Wildman–Crippen LogP) is 3.34. The van der Waals surface area contributed by atoms with E-state index in [1.807, 2.05) is 0 Å². The molecule has 1 aromatic heterocycles. The zero-order valence-electron chi connectivity index (χ0n) is 15.5. The first-order chi connectivity index (χ1) is 13.5. The normalized spacial score (nSPS) is 23.2. The number of rotatable bonds is 4. The van der Waals surface area contributed by atoms with Gasteiger partial charge in [0.05, 0.1) is 19.2 Å². The van der Waals surface area contributed by atoms with Crippen LogP contribution < -0.4 is 4.74 Å². The topological polar surface area (TPSA) is 77.7 Å². The molecule has 4 rings (SSSR count). The summed E-state index contributed by atoms with van der Waals surface area (Å²) in [5.74, 6) is 0.602. The molecule has 2 aliphatic rings. The number of benzene rings is 1. The van der Waals surface area contributed by atoms with Crippen molar-refractivity contribution >= 4 is 17.5 Å². The number of halogens is 2. The molecular weight excluding hydrogens is 389 g/mol. The van der Waals surface area contributed by atoms with Crippen molar-refractivity contribution in [1.29, 1.82) is 0 Å². The number of alkyl halides is 1. The zero-order valence-corrected chi connectivity index (χ0v) is 16.2. The van der Waals surface area contributed by atoms with E-state index in [4.69, 9.17) is 25.6 Å². The first kappa shape index (κ1) is 19.1. The quantitative estimate of drug-likeness (QED) is 0.770. The zero-order chi connectivity index (χ0) is 19.7. The molecule has 9 heteroatoms. The SMILES string of the molecule is COc1cc(Cl)ccc1C(=O)N1CCC(F)(c2nc(C3CCOCC3)no2)C1. The molecule has 1 unspecified atom stereocenters. The summed E-state index contributed by atoms with van der Waals surface area (Å²) in [6.07, 6.45) is 1.68. The van der Waals surface area contributed by atoms with Crippen molar-refractivity contribution in [2.24, 2.45) is 0 Å². The standard InChI is InChI=1S/C19H21ClFN3O4/c1-26-15-10-13(20)2-3-14(15)17(25)24-7-6-19(21,11-24)18-22-16(23-28-18)12-4-8-27-9-5-12/h2-3,10,12H,4-9,11H2,1H3. The summed E-state index contributed by atoms with van der Waals surface area (Å²) in [7, 11) is 1.46. The minimum atomic E-state index is -1.86. The molecule has 0 radical (unpaired) electrons. The highest BCUT2D eigenvalue weighted by atomic mass is 35.5. The molecule has 0 spiro atoms. The molecule has 2 fully saturated rings. The monoisotopic (exact) mass is 409 g/mol. The van der Waals surface area contributed by atoms with Crippen LogP contribution >= 0.6 is 11.6 Å². The summed E-state index contributed by atoms with van der Waals surface area (Å²) >= 11 is 5.95. The number of amides is 1. The van der Waals surface area contributed by atoms with Gasteiger partial charge in [-0.15, -0.1) is 0 Å². The molecule has 2 aromatic rings. The molecule has 0 aliphatic carbocycles. The summed E-state index contributed by atoms with van der Waals surface area (Å²) in [4.78, 5) is 18.6. The van der Waals surface area contributed by atoms with Crippen molar-refractivity contribution in [2.45, 2.75) is 30.8 Å². The third kappa shape index (κ3) is 3.58. The van der Waals surface area contributed by atoms with Gasteiger partial charge in [0.2, 0.25) is 5.67 Å². The van der Waals surface area contributed by atoms with Crippen LogP contribution in [-0.2, 0) is 10.4 Å². The summed E-state index contributed by atoms with van der Waals surface area (Å²) in [6.45, 7) is 1.38. The van der Waals surface area contributed by atoms with E-state index in [9.17, 15) is 4.79 Å². The lowest BCUT2D eigenvalue weighted by molar-refractivity contribution is 0.0713. The number of ether oxygens (including phenoxy) is 2. The average molecular weight is 410 g/mol. The Bertz CT molecular complexity index is 871. The number of hydrogen-bond acceptors (Lipinski definition) is 6. The maximum atomic E-state index is 15.5. The molecule has 2 saturated heterocycles.